The molecule has 1 unspecified atom stereocenters. The van der Waals surface area contributed by atoms with Crippen LogP contribution >= 0.6 is 0 Å². The van der Waals surface area contributed by atoms with E-state index < -0.39 is 6.04 Å². The minimum atomic E-state index is -0.635. The fourth-order valence-corrected chi connectivity index (χ4v) is 1.67. The second-order valence-corrected chi connectivity index (χ2v) is 4.23. The van der Waals surface area contributed by atoms with Crippen molar-refractivity contribution >= 4 is 11.8 Å². The van der Waals surface area contributed by atoms with Crippen LogP contribution in [0.1, 0.15) is 17.4 Å². The Morgan fingerprint density at radius 2 is 2.00 bits per heavy atom. The monoisotopic (exact) mass is 273 g/mol. The van der Waals surface area contributed by atoms with Crippen molar-refractivity contribution < 1.29 is 9.59 Å². The van der Waals surface area contributed by atoms with Crippen LogP contribution < -0.4 is 5.32 Å². The third kappa shape index (κ3) is 4.35. The largest absolute Gasteiger partial charge is 0.339 e. The van der Waals surface area contributed by atoms with Gasteiger partial charge in [0.05, 0.1) is 0 Å². The molecule has 0 radical (unpaired) electrons. The van der Waals surface area contributed by atoms with Crippen LogP contribution in [0.15, 0.2) is 49.7 Å². The maximum Gasteiger partial charge on any atom is 0.270 e. The smallest absolute Gasteiger partial charge is 0.270 e. The first-order valence-corrected chi connectivity index (χ1v) is 6.32. The van der Waals surface area contributed by atoms with Crippen molar-refractivity contribution in [3.63, 3.8) is 0 Å². The fraction of sp³-hybridized carbons (Fsp3) is 0.267. The average Bonchev–Trinajstić information content (AvgIpc) is 2.47. The Morgan fingerprint density at radius 3 is 2.50 bits per heavy atom. The van der Waals surface area contributed by atoms with Crippen molar-refractivity contribution in [2.24, 2.45) is 0 Å². The number of nitrogens with one attached hydrogen (secondary N) is 1. The number of hydrogen-bond acceptors (Lipinski definition) is 3. The van der Waals surface area contributed by atoms with Crippen LogP contribution in [0.4, 0.5) is 0 Å². The minimum absolute atomic E-state index is 0.186. The first-order chi connectivity index (χ1) is 9.60. The highest BCUT2D eigenvalue weighted by molar-refractivity contribution is 5.95. The summed E-state index contributed by atoms with van der Waals surface area (Å²) in [6.45, 7) is 9.68. The molecule has 2 amide bonds. The van der Waals surface area contributed by atoms with Gasteiger partial charge in [-0.25, -0.2) is 0 Å². The summed E-state index contributed by atoms with van der Waals surface area (Å²) in [5.41, 5.74) is 0.283. The zero-order valence-corrected chi connectivity index (χ0v) is 11.6. The third-order valence-electron chi connectivity index (χ3n) is 2.63. The Morgan fingerprint density at radius 1 is 1.35 bits per heavy atom. The Kier molecular flexibility index (Phi) is 6.16. The summed E-state index contributed by atoms with van der Waals surface area (Å²) in [6, 6.07) is 4.40. The third-order valence-corrected chi connectivity index (χ3v) is 2.63. The molecule has 0 bridgehead atoms. The maximum absolute atomic E-state index is 12.2. The molecule has 0 spiro atoms. The van der Waals surface area contributed by atoms with E-state index in [-0.39, 0.29) is 17.5 Å². The van der Waals surface area contributed by atoms with E-state index in [1.54, 1.807) is 42.2 Å². The predicted octanol–water partition coefficient (Wildman–Crippen LogP) is 1.40. The van der Waals surface area contributed by atoms with Gasteiger partial charge in [0.2, 0.25) is 5.91 Å². The van der Waals surface area contributed by atoms with E-state index in [0.29, 0.717) is 13.1 Å². The number of carbonyl (C=O) groups is 2. The van der Waals surface area contributed by atoms with Gasteiger partial charge in [0.25, 0.3) is 5.91 Å². The van der Waals surface area contributed by atoms with Gasteiger partial charge < -0.3 is 10.2 Å². The Balaban J connectivity index is 2.67. The molecule has 5 nitrogen and oxygen atoms in total. The summed E-state index contributed by atoms with van der Waals surface area (Å²) < 4.78 is 0. The molecule has 5 heteroatoms. The SMILES string of the molecule is C=CCN(CC=C)C(=O)C(C)NC(=O)c1ccccn1. The van der Waals surface area contributed by atoms with Gasteiger partial charge in [0, 0.05) is 19.3 Å². The number of carbonyl (C=O) groups excluding carboxylic acids is 2. The van der Waals surface area contributed by atoms with Gasteiger partial charge in [-0.2, -0.15) is 0 Å². The van der Waals surface area contributed by atoms with Crippen LogP contribution in [0.5, 0.6) is 0 Å². The molecule has 0 aliphatic rings. The highest BCUT2D eigenvalue weighted by Gasteiger charge is 2.21. The Bertz CT molecular complexity index is 475. The van der Waals surface area contributed by atoms with Crippen molar-refractivity contribution in [2.75, 3.05) is 13.1 Å². The normalized spacial score (nSPS) is 11.2. The molecule has 1 atom stereocenters. The van der Waals surface area contributed by atoms with Gasteiger partial charge in [0.1, 0.15) is 11.7 Å². The van der Waals surface area contributed by atoms with E-state index in [2.05, 4.69) is 23.5 Å². The van der Waals surface area contributed by atoms with Crippen LogP contribution in [0.25, 0.3) is 0 Å². The molecule has 0 saturated carbocycles. The molecule has 1 N–H and O–H groups in total. The first kappa shape index (κ1) is 15.6. The van der Waals surface area contributed by atoms with Gasteiger partial charge in [-0.1, -0.05) is 18.2 Å². The molecular formula is C15H19N3O2. The summed E-state index contributed by atoms with van der Waals surface area (Å²) in [5, 5.41) is 2.63. The molecule has 1 aromatic heterocycles. The minimum Gasteiger partial charge on any atom is -0.339 e. The van der Waals surface area contributed by atoms with Crippen LogP contribution in [0.3, 0.4) is 0 Å². The van der Waals surface area contributed by atoms with E-state index >= 15 is 0 Å². The molecular weight excluding hydrogens is 254 g/mol. The molecule has 0 fully saturated rings. The van der Waals surface area contributed by atoms with Crippen LogP contribution in [-0.2, 0) is 4.79 Å². The van der Waals surface area contributed by atoms with Gasteiger partial charge in [-0.3, -0.25) is 14.6 Å². The van der Waals surface area contributed by atoms with Gasteiger partial charge >= 0.3 is 0 Å². The molecule has 1 rings (SSSR count). The van der Waals surface area contributed by atoms with E-state index in [1.165, 1.54) is 6.20 Å². The van der Waals surface area contributed by atoms with Crippen molar-refractivity contribution in [3.8, 4) is 0 Å². The van der Waals surface area contributed by atoms with E-state index in [9.17, 15) is 9.59 Å². The fourth-order valence-electron chi connectivity index (χ4n) is 1.67. The van der Waals surface area contributed by atoms with Crippen molar-refractivity contribution in [1.29, 1.82) is 0 Å². The van der Waals surface area contributed by atoms with Crippen molar-refractivity contribution in [1.82, 2.24) is 15.2 Å². The summed E-state index contributed by atoms with van der Waals surface area (Å²) in [5.74, 6) is -0.558. The predicted molar refractivity (Wildman–Crippen MR) is 78.1 cm³/mol. The lowest BCUT2D eigenvalue weighted by Gasteiger charge is -2.23. The second kappa shape index (κ2) is 7.89. The summed E-state index contributed by atoms with van der Waals surface area (Å²) >= 11 is 0. The van der Waals surface area contributed by atoms with Crippen LogP contribution in [0, 0.1) is 0 Å². The molecule has 1 aromatic rings. The molecule has 106 valence electrons. The Labute approximate surface area is 119 Å². The van der Waals surface area contributed by atoms with E-state index in [1.807, 2.05) is 0 Å². The quantitative estimate of drug-likeness (QED) is 0.764. The molecule has 0 aliphatic heterocycles. The number of pyridine rings is 1. The molecule has 0 aliphatic carbocycles. The van der Waals surface area contributed by atoms with Crippen molar-refractivity contribution in [2.45, 2.75) is 13.0 Å². The zero-order chi connectivity index (χ0) is 15.0. The van der Waals surface area contributed by atoms with E-state index in [4.69, 9.17) is 0 Å². The summed E-state index contributed by atoms with van der Waals surface area (Å²) in [4.78, 5) is 29.6. The number of hydrogen-bond donors (Lipinski definition) is 1. The van der Waals surface area contributed by atoms with Gasteiger partial charge in [0.15, 0.2) is 0 Å². The zero-order valence-electron chi connectivity index (χ0n) is 11.6. The van der Waals surface area contributed by atoms with E-state index in [0.717, 1.165) is 0 Å². The van der Waals surface area contributed by atoms with Crippen molar-refractivity contribution in [3.05, 3.63) is 55.4 Å². The summed E-state index contributed by atoms with van der Waals surface area (Å²) in [7, 11) is 0. The number of nitrogens with zero attached hydrogens (tertiary/aromatic N) is 2. The average molecular weight is 273 g/mol. The Hall–Kier alpha value is -2.43. The summed E-state index contributed by atoms with van der Waals surface area (Å²) in [6.07, 6.45) is 4.80. The van der Waals surface area contributed by atoms with Crippen LogP contribution in [0.2, 0.25) is 0 Å². The number of amides is 2. The lowest BCUT2D eigenvalue weighted by atomic mass is 10.2. The first-order valence-electron chi connectivity index (χ1n) is 6.32. The standard InChI is InChI=1S/C15H19N3O2/c1-4-10-18(11-5-2)15(20)12(3)17-14(19)13-8-6-7-9-16-13/h4-9,12H,1-2,10-11H2,3H3,(H,17,19). The van der Waals surface area contributed by atoms with Gasteiger partial charge in [-0.15, -0.1) is 13.2 Å². The lowest BCUT2D eigenvalue weighted by molar-refractivity contribution is -0.131. The van der Waals surface area contributed by atoms with Gasteiger partial charge in [-0.05, 0) is 19.1 Å². The van der Waals surface area contributed by atoms with Crippen LogP contribution in [-0.4, -0.2) is 40.8 Å². The lowest BCUT2D eigenvalue weighted by Crippen LogP contribution is -2.47. The number of rotatable bonds is 7. The molecule has 0 aromatic carbocycles. The molecule has 1 heterocycles. The molecule has 0 saturated heterocycles. The topological polar surface area (TPSA) is 62.3 Å². The highest BCUT2D eigenvalue weighted by atomic mass is 16.2. The highest BCUT2D eigenvalue weighted by Crippen LogP contribution is 1.99. The second-order valence-electron chi connectivity index (χ2n) is 4.23. The maximum atomic E-state index is 12.2. The molecule has 20 heavy (non-hydrogen) atoms. The number of aromatic nitrogens is 1.